The molecule has 3 aromatic rings. The summed E-state index contributed by atoms with van der Waals surface area (Å²) in [4.78, 5) is 11.0. The molecule has 3 rings (SSSR count). The summed E-state index contributed by atoms with van der Waals surface area (Å²) in [6.45, 7) is 3.76. The van der Waals surface area contributed by atoms with Crippen LogP contribution in [-0.2, 0) is 6.54 Å². The molecule has 0 spiro atoms. The van der Waals surface area contributed by atoms with Gasteiger partial charge in [-0.15, -0.1) is 11.3 Å². The zero-order valence-corrected chi connectivity index (χ0v) is 12.1. The van der Waals surface area contributed by atoms with E-state index in [1.54, 1.807) is 17.7 Å². The van der Waals surface area contributed by atoms with Gasteiger partial charge in [0.2, 0.25) is 0 Å². The fourth-order valence-electron chi connectivity index (χ4n) is 2.22. The average Bonchev–Trinajstić information content (AvgIpc) is 2.95. The molecule has 2 heterocycles. The highest BCUT2D eigenvalue weighted by molar-refractivity contribution is 7.17. The SMILES string of the molecule is CCN(Cc1ccccc1N)c1ncnc2ccsc12. The molecule has 0 aliphatic carbocycles. The molecule has 0 radical (unpaired) electrons. The highest BCUT2D eigenvalue weighted by atomic mass is 32.1. The van der Waals surface area contributed by atoms with Crippen molar-refractivity contribution in [2.24, 2.45) is 0 Å². The Labute approximate surface area is 121 Å². The van der Waals surface area contributed by atoms with Crippen molar-refractivity contribution in [2.75, 3.05) is 17.2 Å². The summed E-state index contributed by atoms with van der Waals surface area (Å²) in [6, 6.07) is 9.99. The third-order valence-electron chi connectivity index (χ3n) is 3.32. The fourth-order valence-corrected chi connectivity index (χ4v) is 3.08. The Morgan fingerprint density at radius 3 is 2.85 bits per heavy atom. The molecule has 0 aliphatic heterocycles. The molecule has 0 saturated carbocycles. The van der Waals surface area contributed by atoms with Gasteiger partial charge in [0.1, 0.15) is 12.1 Å². The number of benzene rings is 1. The maximum Gasteiger partial charge on any atom is 0.150 e. The number of fused-ring (bicyclic) bond motifs is 1. The minimum atomic E-state index is 0.757. The summed E-state index contributed by atoms with van der Waals surface area (Å²) in [6.07, 6.45) is 1.63. The first kappa shape index (κ1) is 12.9. The van der Waals surface area contributed by atoms with Gasteiger partial charge >= 0.3 is 0 Å². The van der Waals surface area contributed by atoms with E-state index in [-0.39, 0.29) is 0 Å². The van der Waals surface area contributed by atoms with Crippen molar-refractivity contribution in [3.63, 3.8) is 0 Å². The second-order valence-corrected chi connectivity index (χ2v) is 5.46. The summed E-state index contributed by atoms with van der Waals surface area (Å²) in [7, 11) is 0. The number of hydrogen-bond donors (Lipinski definition) is 1. The number of nitrogen functional groups attached to an aromatic ring is 1. The molecule has 4 nitrogen and oxygen atoms in total. The molecule has 0 aliphatic rings. The number of aromatic nitrogens is 2. The van der Waals surface area contributed by atoms with E-state index in [2.05, 4.69) is 27.9 Å². The smallest absolute Gasteiger partial charge is 0.150 e. The Bertz CT molecular complexity index is 722. The molecule has 0 atom stereocenters. The number of thiophene rings is 1. The van der Waals surface area contributed by atoms with Crippen molar-refractivity contribution in [1.82, 2.24) is 9.97 Å². The molecule has 5 heteroatoms. The Morgan fingerprint density at radius 2 is 2.05 bits per heavy atom. The van der Waals surface area contributed by atoms with E-state index in [1.165, 1.54) is 0 Å². The third kappa shape index (κ3) is 2.32. The van der Waals surface area contributed by atoms with Crippen LogP contribution in [0.1, 0.15) is 12.5 Å². The van der Waals surface area contributed by atoms with Gasteiger partial charge in [-0.25, -0.2) is 9.97 Å². The number of nitrogens with zero attached hydrogens (tertiary/aromatic N) is 3. The fraction of sp³-hybridized carbons (Fsp3) is 0.200. The van der Waals surface area contributed by atoms with Crippen LogP contribution >= 0.6 is 11.3 Å². The van der Waals surface area contributed by atoms with Gasteiger partial charge in [0.05, 0.1) is 10.2 Å². The quantitative estimate of drug-likeness (QED) is 0.747. The predicted molar refractivity (Wildman–Crippen MR) is 85.0 cm³/mol. The van der Waals surface area contributed by atoms with E-state index >= 15 is 0 Å². The van der Waals surface area contributed by atoms with Crippen LogP contribution in [0.15, 0.2) is 42.0 Å². The van der Waals surface area contributed by atoms with Crippen LogP contribution in [0.25, 0.3) is 10.2 Å². The Balaban J connectivity index is 1.98. The van der Waals surface area contributed by atoms with Crippen LogP contribution in [-0.4, -0.2) is 16.5 Å². The number of rotatable bonds is 4. The Kier molecular flexibility index (Phi) is 3.52. The number of anilines is 2. The van der Waals surface area contributed by atoms with Crippen LogP contribution in [0.2, 0.25) is 0 Å². The first-order chi connectivity index (χ1) is 9.79. The minimum absolute atomic E-state index is 0.757. The lowest BCUT2D eigenvalue weighted by Crippen LogP contribution is -2.23. The van der Waals surface area contributed by atoms with E-state index in [0.29, 0.717) is 0 Å². The van der Waals surface area contributed by atoms with Crippen molar-refractivity contribution in [3.8, 4) is 0 Å². The monoisotopic (exact) mass is 284 g/mol. The molecule has 0 unspecified atom stereocenters. The normalized spacial score (nSPS) is 10.8. The standard InChI is InChI=1S/C15H16N4S/c1-2-19(9-11-5-3-4-6-12(11)16)15-14-13(7-8-20-14)17-10-18-15/h3-8,10H,2,9,16H2,1H3. The van der Waals surface area contributed by atoms with Gasteiger partial charge in [-0.1, -0.05) is 18.2 Å². The van der Waals surface area contributed by atoms with Crippen molar-refractivity contribution in [2.45, 2.75) is 13.5 Å². The van der Waals surface area contributed by atoms with E-state index in [4.69, 9.17) is 5.73 Å². The van der Waals surface area contributed by atoms with Crippen LogP contribution in [0.3, 0.4) is 0 Å². The topological polar surface area (TPSA) is 55.0 Å². The molecule has 20 heavy (non-hydrogen) atoms. The zero-order valence-electron chi connectivity index (χ0n) is 11.3. The van der Waals surface area contributed by atoms with Crippen molar-refractivity contribution in [1.29, 1.82) is 0 Å². The molecule has 0 amide bonds. The van der Waals surface area contributed by atoms with Crippen molar-refractivity contribution < 1.29 is 0 Å². The van der Waals surface area contributed by atoms with Crippen LogP contribution in [0, 0.1) is 0 Å². The Morgan fingerprint density at radius 1 is 1.20 bits per heavy atom. The molecule has 102 valence electrons. The van der Waals surface area contributed by atoms with Gasteiger partial charge in [0, 0.05) is 18.8 Å². The lowest BCUT2D eigenvalue weighted by molar-refractivity contribution is 0.819. The molecular formula is C15H16N4S. The first-order valence-electron chi connectivity index (χ1n) is 6.56. The van der Waals surface area contributed by atoms with Gasteiger partial charge < -0.3 is 10.6 Å². The minimum Gasteiger partial charge on any atom is -0.398 e. The number of hydrogen-bond acceptors (Lipinski definition) is 5. The third-order valence-corrected chi connectivity index (χ3v) is 4.22. The maximum atomic E-state index is 6.04. The van der Waals surface area contributed by atoms with Gasteiger partial charge in [0.25, 0.3) is 0 Å². The van der Waals surface area contributed by atoms with E-state index in [9.17, 15) is 0 Å². The highest BCUT2D eigenvalue weighted by Gasteiger charge is 2.13. The van der Waals surface area contributed by atoms with E-state index < -0.39 is 0 Å². The predicted octanol–water partition coefficient (Wildman–Crippen LogP) is 3.30. The van der Waals surface area contributed by atoms with E-state index in [1.807, 2.05) is 29.6 Å². The largest absolute Gasteiger partial charge is 0.398 e. The summed E-state index contributed by atoms with van der Waals surface area (Å²) in [5.74, 6) is 0.982. The molecule has 0 fully saturated rings. The summed E-state index contributed by atoms with van der Waals surface area (Å²) >= 11 is 1.67. The Hall–Kier alpha value is -2.14. The number of para-hydroxylation sites is 1. The molecule has 2 aromatic heterocycles. The molecule has 1 aromatic carbocycles. The van der Waals surface area contributed by atoms with Crippen molar-refractivity contribution in [3.05, 3.63) is 47.6 Å². The maximum absolute atomic E-state index is 6.04. The molecule has 0 saturated heterocycles. The van der Waals surface area contributed by atoms with Crippen molar-refractivity contribution >= 4 is 33.1 Å². The summed E-state index contributed by atoms with van der Waals surface area (Å²) < 4.78 is 1.13. The number of nitrogens with two attached hydrogens (primary N) is 1. The zero-order chi connectivity index (χ0) is 13.9. The van der Waals surface area contributed by atoms with E-state index in [0.717, 1.165) is 40.4 Å². The molecular weight excluding hydrogens is 268 g/mol. The van der Waals surface area contributed by atoms with Gasteiger partial charge in [0.15, 0.2) is 0 Å². The lowest BCUT2D eigenvalue weighted by Gasteiger charge is -2.23. The molecule has 0 bridgehead atoms. The van der Waals surface area contributed by atoms with Gasteiger partial charge in [-0.2, -0.15) is 0 Å². The van der Waals surface area contributed by atoms with Crippen LogP contribution < -0.4 is 10.6 Å². The van der Waals surface area contributed by atoms with Gasteiger partial charge in [-0.3, -0.25) is 0 Å². The first-order valence-corrected chi connectivity index (χ1v) is 7.44. The average molecular weight is 284 g/mol. The molecule has 2 N–H and O–H groups in total. The second kappa shape index (κ2) is 5.46. The lowest BCUT2D eigenvalue weighted by atomic mass is 10.1. The summed E-state index contributed by atoms with van der Waals surface area (Å²) in [5.41, 5.74) is 8.98. The summed E-state index contributed by atoms with van der Waals surface area (Å²) in [5, 5.41) is 2.05. The highest BCUT2D eigenvalue weighted by Crippen LogP contribution is 2.29. The van der Waals surface area contributed by atoms with Crippen LogP contribution in [0.5, 0.6) is 0 Å². The second-order valence-electron chi connectivity index (χ2n) is 4.55. The van der Waals surface area contributed by atoms with Gasteiger partial charge in [-0.05, 0) is 30.0 Å². The van der Waals surface area contributed by atoms with Crippen LogP contribution in [0.4, 0.5) is 11.5 Å².